The lowest BCUT2D eigenvalue weighted by molar-refractivity contribution is 0.521. The van der Waals surface area contributed by atoms with E-state index in [9.17, 15) is 0 Å². The second-order valence-electron chi connectivity index (χ2n) is 18.9. The first kappa shape index (κ1) is 35.5. The fourth-order valence-electron chi connectivity index (χ4n) is 11.5. The highest BCUT2D eigenvalue weighted by atomic mass is 14.5. The van der Waals surface area contributed by atoms with Gasteiger partial charge in [-0.1, -0.05) is 149 Å². The molecular weight excluding hydrogens is 745 g/mol. The highest BCUT2D eigenvalue weighted by Gasteiger charge is 2.44. The topological polar surface area (TPSA) is 0 Å². The summed E-state index contributed by atoms with van der Waals surface area (Å²) in [4.78, 5) is 0. The Morgan fingerprint density at radius 3 is 0.677 bits per heavy atom. The molecule has 0 N–H and O–H groups in total. The van der Waals surface area contributed by atoms with E-state index in [4.69, 9.17) is 0 Å². The Kier molecular flexibility index (Phi) is 7.23. The number of hydrogen-bond donors (Lipinski definition) is 0. The van der Waals surface area contributed by atoms with Crippen LogP contribution < -0.4 is 0 Å². The lowest BCUT2D eigenvalue weighted by Gasteiger charge is -2.44. The van der Waals surface area contributed by atoms with Crippen LogP contribution in [0.1, 0.15) is 49.9 Å². The Labute approximate surface area is 363 Å². The zero-order valence-electron chi connectivity index (χ0n) is 35.5. The summed E-state index contributed by atoms with van der Waals surface area (Å²) in [6, 6.07) is 73.3. The van der Waals surface area contributed by atoms with E-state index in [1.54, 1.807) is 0 Å². The van der Waals surface area contributed by atoms with Gasteiger partial charge < -0.3 is 0 Å². The maximum atomic E-state index is 2.59. The molecule has 0 bridgehead atoms. The molecule has 292 valence electrons. The average Bonchev–Trinajstić information content (AvgIpc) is 3.80. The van der Waals surface area contributed by atoms with Crippen LogP contribution in [0.2, 0.25) is 0 Å². The zero-order chi connectivity index (χ0) is 41.5. The molecule has 0 nitrogen and oxygen atoms in total. The minimum absolute atomic E-state index is 0.246. The van der Waals surface area contributed by atoms with E-state index in [1.165, 1.54) is 133 Å². The van der Waals surface area contributed by atoms with E-state index in [0.717, 1.165) is 0 Å². The van der Waals surface area contributed by atoms with Crippen LogP contribution in [-0.2, 0) is 10.8 Å². The molecule has 0 amide bonds. The largest absolute Gasteiger partial charge is 0.0622 e. The van der Waals surface area contributed by atoms with Crippen molar-refractivity contribution in [1.29, 1.82) is 0 Å². The molecule has 3 aliphatic carbocycles. The summed E-state index contributed by atoms with van der Waals surface area (Å²) in [6.45, 7) is 9.87. The van der Waals surface area contributed by atoms with Gasteiger partial charge >= 0.3 is 0 Å². The SMILES string of the molecule is CC1(C)c2cc3c(cc2C(C)(C)c2cc4c(cc21)-c1cc(-c2ccccc2)cc2cc(-c5ccccc5)cc-4c12)-c1cc(-c2ccccc2)cc2cc(-c4ccccc4)cc-3c12. The number of rotatable bonds is 4. The van der Waals surface area contributed by atoms with E-state index in [-0.39, 0.29) is 10.8 Å². The van der Waals surface area contributed by atoms with Gasteiger partial charge in [-0.15, -0.1) is 0 Å². The molecule has 10 aromatic rings. The maximum Gasteiger partial charge on any atom is 0.0153 e. The summed E-state index contributed by atoms with van der Waals surface area (Å²) < 4.78 is 0. The molecule has 62 heavy (non-hydrogen) atoms. The normalized spacial score (nSPS) is 14.4. The van der Waals surface area contributed by atoms with Gasteiger partial charge in [-0.25, -0.2) is 0 Å². The van der Waals surface area contributed by atoms with Crippen LogP contribution in [0.15, 0.2) is 194 Å². The van der Waals surface area contributed by atoms with Crippen molar-refractivity contribution in [2.75, 3.05) is 0 Å². The molecule has 0 heterocycles. The lowest BCUT2D eigenvalue weighted by atomic mass is 9.59. The molecule has 0 aliphatic heterocycles. The third kappa shape index (κ3) is 4.95. The Morgan fingerprint density at radius 2 is 0.452 bits per heavy atom. The summed E-state index contributed by atoms with van der Waals surface area (Å²) in [5, 5.41) is 5.31. The molecule has 0 unspecified atom stereocenters. The molecule has 10 aromatic carbocycles. The highest BCUT2D eigenvalue weighted by molar-refractivity contribution is 6.19. The summed E-state index contributed by atoms with van der Waals surface area (Å²) in [5.74, 6) is 0. The summed E-state index contributed by atoms with van der Waals surface area (Å²) in [7, 11) is 0. The van der Waals surface area contributed by atoms with E-state index in [2.05, 4.69) is 222 Å². The molecule has 3 aliphatic rings. The minimum atomic E-state index is -0.246. The molecule has 0 fully saturated rings. The molecule has 0 atom stereocenters. The second kappa shape index (κ2) is 12.6. The van der Waals surface area contributed by atoms with Crippen molar-refractivity contribution in [2.24, 2.45) is 0 Å². The van der Waals surface area contributed by atoms with Gasteiger partial charge in [0, 0.05) is 10.8 Å². The zero-order valence-corrected chi connectivity index (χ0v) is 35.5. The van der Waals surface area contributed by atoms with Gasteiger partial charge in [0.2, 0.25) is 0 Å². The van der Waals surface area contributed by atoms with E-state index in [1.807, 2.05) is 0 Å². The van der Waals surface area contributed by atoms with Crippen molar-refractivity contribution in [2.45, 2.75) is 38.5 Å². The summed E-state index contributed by atoms with van der Waals surface area (Å²) in [6.07, 6.45) is 0. The van der Waals surface area contributed by atoms with Gasteiger partial charge in [-0.2, -0.15) is 0 Å². The van der Waals surface area contributed by atoms with E-state index in [0.29, 0.717) is 0 Å². The number of fused-ring (bicyclic) bond motifs is 8. The van der Waals surface area contributed by atoms with Crippen LogP contribution in [0.5, 0.6) is 0 Å². The number of hydrogen-bond acceptors (Lipinski definition) is 0. The van der Waals surface area contributed by atoms with Gasteiger partial charge in [-0.3, -0.25) is 0 Å². The van der Waals surface area contributed by atoms with E-state index < -0.39 is 0 Å². The first-order valence-corrected chi connectivity index (χ1v) is 22.1. The molecule has 0 saturated carbocycles. The molecule has 0 heteroatoms. The first-order chi connectivity index (χ1) is 30.2. The number of benzene rings is 10. The second-order valence-corrected chi connectivity index (χ2v) is 18.9. The Bertz CT molecular complexity index is 3060. The van der Waals surface area contributed by atoms with Crippen molar-refractivity contribution >= 4 is 21.5 Å². The molecular formula is C62H44. The molecule has 0 aromatic heterocycles. The van der Waals surface area contributed by atoms with Crippen LogP contribution in [0, 0.1) is 0 Å². The van der Waals surface area contributed by atoms with Crippen molar-refractivity contribution in [3.05, 3.63) is 216 Å². The first-order valence-electron chi connectivity index (χ1n) is 22.1. The van der Waals surface area contributed by atoms with Crippen molar-refractivity contribution < 1.29 is 0 Å². The van der Waals surface area contributed by atoms with Gasteiger partial charge in [0.1, 0.15) is 0 Å². The smallest absolute Gasteiger partial charge is 0.0153 e. The molecule has 0 radical (unpaired) electrons. The summed E-state index contributed by atoms with van der Waals surface area (Å²) in [5.41, 5.74) is 26.0. The maximum absolute atomic E-state index is 2.59. The Morgan fingerprint density at radius 1 is 0.226 bits per heavy atom. The monoisotopic (exact) mass is 788 g/mol. The third-order valence-electron chi connectivity index (χ3n) is 14.7. The molecule has 13 rings (SSSR count). The standard InChI is InChI=1S/C62H44/c1-61(2)55-33-47-49(53-31-43(39-21-13-7-14-22-39)27-45-25-41(29-51(47)59(45)53)37-17-9-5-10-18-37)35-57(55)62(3,4)58-36-50-48(34-56(58)61)52-30-42(38-19-11-6-12-20-38)26-46-28-44(32-54(50)60(46)52)40-23-15-8-16-24-40/h5-36H,1-4H3. The van der Waals surface area contributed by atoms with Crippen molar-refractivity contribution in [3.8, 4) is 89.0 Å². The average molecular weight is 789 g/mol. The van der Waals surface area contributed by atoms with Crippen molar-refractivity contribution in [1.82, 2.24) is 0 Å². The fraction of sp³-hybridized carbons (Fsp3) is 0.0968. The third-order valence-corrected chi connectivity index (χ3v) is 14.7. The highest BCUT2D eigenvalue weighted by Crippen LogP contribution is 2.59. The minimum Gasteiger partial charge on any atom is -0.0622 e. The van der Waals surface area contributed by atoms with Gasteiger partial charge in [0.05, 0.1) is 0 Å². The predicted octanol–water partition coefficient (Wildman–Crippen LogP) is 16.9. The Balaban J connectivity index is 1.04. The fourth-order valence-corrected chi connectivity index (χ4v) is 11.5. The summed E-state index contributed by atoms with van der Waals surface area (Å²) >= 11 is 0. The predicted molar refractivity (Wildman–Crippen MR) is 263 cm³/mol. The van der Waals surface area contributed by atoms with Crippen molar-refractivity contribution in [3.63, 3.8) is 0 Å². The van der Waals surface area contributed by atoms with Crippen LogP contribution >= 0.6 is 0 Å². The lowest BCUT2D eigenvalue weighted by Crippen LogP contribution is -2.36. The molecule has 0 spiro atoms. The molecule has 0 saturated heterocycles. The van der Waals surface area contributed by atoms with Crippen LogP contribution in [0.4, 0.5) is 0 Å². The van der Waals surface area contributed by atoms with Crippen LogP contribution in [0.3, 0.4) is 0 Å². The van der Waals surface area contributed by atoms with Crippen LogP contribution in [0.25, 0.3) is 111 Å². The van der Waals surface area contributed by atoms with E-state index >= 15 is 0 Å². The van der Waals surface area contributed by atoms with Crippen LogP contribution in [-0.4, -0.2) is 0 Å². The Hall–Kier alpha value is -7.28. The van der Waals surface area contributed by atoms with Gasteiger partial charge in [0.25, 0.3) is 0 Å². The van der Waals surface area contributed by atoms with Gasteiger partial charge in [0.15, 0.2) is 0 Å². The quantitative estimate of drug-likeness (QED) is 0.167. The van der Waals surface area contributed by atoms with Gasteiger partial charge in [-0.05, 0) is 206 Å².